The molecule has 0 atom stereocenters. The zero-order chi connectivity index (χ0) is 12.5. The molecule has 0 aromatic heterocycles. The van der Waals surface area contributed by atoms with Crippen LogP contribution in [0.5, 0.6) is 0 Å². The second-order valence-corrected chi connectivity index (χ2v) is 4.29. The first-order valence-corrected chi connectivity index (χ1v) is 5.27. The number of hydrogen-bond donors (Lipinski definition) is 0. The van der Waals surface area contributed by atoms with E-state index in [9.17, 15) is 0 Å². The van der Waals surface area contributed by atoms with Crippen molar-refractivity contribution in [2.45, 2.75) is 0 Å². The molecule has 82 valence electrons. The molecule has 3 nitrogen and oxygen atoms in total. The Morgan fingerprint density at radius 3 is 1.69 bits per heavy atom. The smallest absolute Gasteiger partial charge is 0.102 e. The van der Waals surface area contributed by atoms with Crippen molar-refractivity contribution in [3.05, 3.63) is 26.2 Å². The van der Waals surface area contributed by atoms with Crippen LogP contribution < -0.4 is 4.90 Å². The van der Waals surface area contributed by atoms with E-state index in [1.54, 1.807) is 19.0 Å². The Labute approximate surface area is 108 Å². The molecule has 1 rings (SSSR count). The summed E-state index contributed by atoms with van der Waals surface area (Å²) in [6, 6.07) is 3.67. The van der Waals surface area contributed by atoms with Crippen LogP contribution in [0.2, 0.25) is 15.1 Å². The van der Waals surface area contributed by atoms with Gasteiger partial charge in [-0.25, -0.2) is 0 Å². The van der Waals surface area contributed by atoms with Gasteiger partial charge in [-0.15, -0.1) is 0 Å². The highest BCUT2D eigenvalue weighted by atomic mass is 35.5. The molecule has 0 radical (unpaired) electrons. The lowest BCUT2D eigenvalue weighted by molar-refractivity contribution is 1.13. The standard InChI is InChI=1S/C10H6Cl3N3/c1-16(2)10-8(12)6(4-15)5(3-14)7(11)9(10)13/h1-2H3. The van der Waals surface area contributed by atoms with Crippen LogP contribution in [0.15, 0.2) is 0 Å². The van der Waals surface area contributed by atoms with Crippen LogP contribution in [-0.2, 0) is 0 Å². The third kappa shape index (κ3) is 1.90. The Hall–Kier alpha value is -1.13. The average Bonchev–Trinajstić information content (AvgIpc) is 2.22. The highest BCUT2D eigenvalue weighted by molar-refractivity contribution is 6.47. The predicted octanol–water partition coefficient (Wildman–Crippen LogP) is 3.46. The van der Waals surface area contributed by atoms with E-state index in [2.05, 4.69) is 0 Å². The Balaban J connectivity index is 3.80. The molecular weight excluding hydrogens is 268 g/mol. The zero-order valence-electron chi connectivity index (χ0n) is 8.48. The summed E-state index contributed by atoms with van der Waals surface area (Å²) in [5, 5.41) is 18.2. The molecule has 1 aromatic carbocycles. The quantitative estimate of drug-likeness (QED) is 0.737. The lowest BCUT2D eigenvalue weighted by Crippen LogP contribution is -2.11. The van der Waals surface area contributed by atoms with Gasteiger partial charge in [0.1, 0.15) is 12.1 Å². The molecule has 0 fully saturated rings. The molecule has 0 spiro atoms. The van der Waals surface area contributed by atoms with Gasteiger partial charge in [0, 0.05) is 14.1 Å². The van der Waals surface area contributed by atoms with Gasteiger partial charge in [0.2, 0.25) is 0 Å². The maximum Gasteiger partial charge on any atom is 0.102 e. The van der Waals surface area contributed by atoms with Gasteiger partial charge in [-0.05, 0) is 0 Å². The van der Waals surface area contributed by atoms with Gasteiger partial charge in [0.05, 0.1) is 31.9 Å². The number of halogens is 3. The molecule has 0 bridgehead atoms. The highest BCUT2D eigenvalue weighted by Gasteiger charge is 2.22. The van der Waals surface area contributed by atoms with Gasteiger partial charge in [0.25, 0.3) is 0 Å². The predicted molar refractivity (Wildman–Crippen MR) is 65.2 cm³/mol. The second-order valence-electron chi connectivity index (χ2n) is 3.16. The summed E-state index contributed by atoms with van der Waals surface area (Å²) in [7, 11) is 3.44. The summed E-state index contributed by atoms with van der Waals surface area (Å²) >= 11 is 17.9. The van der Waals surface area contributed by atoms with E-state index in [4.69, 9.17) is 45.3 Å². The minimum absolute atomic E-state index is 0.00441. The van der Waals surface area contributed by atoms with Crippen molar-refractivity contribution in [3.63, 3.8) is 0 Å². The Bertz CT molecular complexity index is 524. The van der Waals surface area contributed by atoms with Crippen molar-refractivity contribution >= 4 is 40.5 Å². The molecule has 16 heavy (non-hydrogen) atoms. The number of nitriles is 2. The second kappa shape index (κ2) is 4.80. The maximum absolute atomic E-state index is 8.95. The monoisotopic (exact) mass is 273 g/mol. The fourth-order valence-corrected chi connectivity index (χ4v) is 2.28. The lowest BCUT2D eigenvalue weighted by Gasteiger charge is -2.18. The molecule has 0 saturated heterocycles. The first-order valence-electron chi connectivity index (χ1n) is 4.13. The van der Waals surface area contributed by atoms with Crippen molar-refractivity contribution in [3.8, 4) is 12.1 Å². The van der Waals surface area contributed by atoms with Gasteiger partial charge >= 0.3 is 0 Å². The molecule has 1 aromatic rings. The number of nitrogens with zero attached hydrogens (tertiary/aromatic N) is 3. The van der Waals surface area contributed by atoms with Gasteiger partial charge in [-0.3, -0.25) is 0 Å². The van der Waals surface area contributed by atoms with Crippen molar-refractivity contribution in [2.24, 2.45) is 0 Å². The lowest BCUT2D eigenvalue weighted by atomic mass is 10.1. The third-order valence-electron chi connectivity index (χ3n) is 1.97. The van der Waals surface area contributed by atoms with Crippen molar-refractivity contribution in [2.75, 3.05) is 19.0 Å². The minimum Gasteiger partial charge on any atom is -0.375 e. The average molecular weight is 275 g/mol. The molecule has 0 aliphatic heterocycles. The fraction of sp³-hybridized carbons (Fsp3) is 0.200. The summed E-state index contributed by atoms with van der Waals surface area (Å²) in [4.78, 5) is 1.64. The van der Waals surface area contributed by atoms with Crippen molar-refractivity contribution < 1.29 is 0 Å². The molecule has 0 aliphatic carbocycles. The van der Waals surface area contributed by atoms with Crippen molar-refractivity contribution in [1.82, 2.24) is 0 Å². The normalized spacial score (nSPS) is 9.44. The van der Waals surface area contributed by atoms with E-state index in [0.29, 0.717) is 5.69 Å². The maximum atomic E-state index is 8.95. The summed E-state index contributed by atoms with van der Waals surface area (Å²) in [5.41, 5.74) is 0.482. The minimum atomic E-state index is 0.00441. The number of rotatable bonds is 1. The molecular formula is C10H6Cl3N3. The molecule has 0 saturated carbocycles. The van der Waals surface area contributed by atoms with E-state index in [-0.39, 0.29) is 26.2 Å². The van der Waals surface area contributed by atoms with Crippen LogP contribution in [-0.4, -0.2) is 14.1 Å². The van der Waals surface area contributed by atoms with Crippen LogP contribution in [0.4, 0.5) is 5.69 Å². The summed E-state index contributed by atoms with van der Waals surface area (Å²) in [6.07, 6.45) is 0. The van der Waals surface area contributed by atoms with Gasteiger partial charge in [0.15, 0.2) is 0 Å². The Morgan fingerprint density at radius 2 is 1.31 bits per heavy atom. The van der Waals surface area contributed by atoms with Crippen LogP contribution in [0.3, 0.4) is 0 Å². The van der Waals surface area contributed by atoms with Crippen LogP contribution >= 0.6 is 34.8 Å². The van der Waals surface area contributed by atoms with E-state index in [1.165, 1.54) is 0 Å². The van der Waals surface area contributed by atoms with E-state index in [0.717, 1.165) is 0 Å². The van der Waals surface area contributed by atoms with Crippen LogP contribution in [0, 0.1) is 22.7 Å². The highest BCUT2D eigenvalue weighted by Crippen LogP contribution is 2.42. The molecule has 0 aliphatic rings. The van der Waals surface area contributed by atoms with Gasteiger partial charge < -0.3 is 4.90 Å². The number of hydrogen-bond acceptors (Lipinski definition) is 3. The van der Waals surface area contributed by atoms with E-state index in [1.807, 2.05) is 12.1 Å². The third-order valence-corrected chi connectivity index (χ3v) is 3.18. The molecule has 0 amide bonds. The number of benzene rings is 1. The molecule has 0 heterocycles. The number of anilines is 1. The first kappa shape index (κ1) is 12.9. The summed E-state index contributed by atoms with van der Waals surface area (Å²) < 4.78 is 0. The van der Waals surface area contributed by atoms with Crippen LogP contribution in [0.25, 0.3) is 0 Å². The van der Waals surface area contributed by atoms with Gasteiger partial charge in [-0.1, -0.05) is 34.8 Å². The zero-order valence-corrected chi connectivity index (χ0v) is 10.7. The van der Waals surface area contributed by atoms with Crippen molar-refractivity contribution in [1.29, 1.82) is 10.5 Å². The Kier molecular flexibility index (Phi) is 3.88. The largest absolute Gasteiger partial charge is 0.375 e. The van der Waals surface area contributed by atoms with Crippen LogP contribution in [0.1, 0.15) is 11.1 Å². The first-order chi connectivity index (χ1) is 7.45. The molecule has 0 unspecified atom stereocenters. The Morgan fingerprint density at radius 1 is 0.875 bits per heavy atom. The summed E-state index contributed by atoms with van der Waals surface area (Å²) in [5.74, 6) is 0. The SMILES string of the molecule is CN(C)c1c(Cl)c(Cl)c(C#N)c(C#N)c1Cl. The molecule has 6 heteroatoms. The topological polar surface area (TPSA) is 50.8 Å². The van der Waals surface area contributed by atoms with Gasteiger partial charge in [-0.2, -0.15) is 10.5 Å². The molecule has 0 N–H and O–H groups in total. The van der Waals surface area contributed by atoms with E-state index >= 15 is 0 Å². The summed E-state index contributed by atoms with van der Waals surface area (Å²) in [6.45, 7) is 0. The fourth-order valence-electron chi connectivity index (χ4n) is 1.25. The van der Waals surface area contributed by atoms with E-state index < -0.39 is 0 Å².